The standard InChI is InChI=1S/C20H26N4O5S/c1-22(2)17-5-3-16(4-6-17)20(23-11-13-29-14-12-23)15-21-30(27,28)19-9-7-18(8-10-19)24(25)26/h3-10,20-21H,11-15H2,1-2H3/t20-/m0/s1. The van der Waals surface area contributed by atoms with Gasteiger partial charge in [0.15, 0.2) is 0 Å². The van der Waals surface area contributed by atoms with Crippen LogP contribution in [0.15, 0.2) is 53.4 Å². The monoisotopic (exact) mass is 434 g/mol. The summed E-state index contributed by atoms with van der Waals surface area (Å²) in [7, 11) is 0.125. The average molecular weight is 435 g/mol. The highest BCUT2D eigenvalue weighted by Gasteiger charge is 2.25. The first-order valence-electron chi connectivity index (χ1n) is 9.61. The summed E-state index contributed by atoms with van der Waals surface area (Å²) in [5.41, 5.74) is 1.92. The zero-order valence-electron chi connectivity index (χ0n) is 17.0. The molecule has 0 aromatic heterocycles. The number of benzene rings is 2. The van der Waals surface area contributed by atoms with E-state index in [0.717, 1.165) is 11.3 Å². The van der Waals surface area contributed by atoms with E-state index < -0.39 is 14.9 Å². The fourth-order valence-electron chi connectivity index (χ4n) is 3.36. The molecular weight excluding hydrogens is 408 g/mol. The van der Waals surface area contributed by atoms with Crippen molar-refractivity contribution in [1.29, 1.82) is 0 Å². The van der Waals surface area contributed by atoms with E-state index in [-0.39, 0.29) is 23.2 Å². The third kappa shape index (κ3) is 5.33. The maximum absolute atomic E-state index is 12.7. The molecule has 9 nitrogen and oxygen atoms in total. The Kier molecular flexibility index (Phi) is 7.03. The van der Waals surface area contributed by atoms with Crippen LogP contribution in [-0.2, 0) is 14.8 Å². The first-order chi connectivity index (χ1) is 14.3. The van der Waals surface area contributed by atoms with Crippen LogP contribution < -0.4 is 9.62 Å². The van der Waals surface area contributed by atoms with Crippen molar-refractivity contribution in [3.63, 3.8) is 0 Å². The van der Waals surface area contributed by atoms with Gasteiger partial charge in [-0.25, -0.2) is 13.1 Å². The number of non-ortho nitro benzene ring substituents is 1. The summed E-state index contributed by atoms with van der Waals surface area (Å²) in [5, 5.41) is 10.8. The molecule has 0 radical (unpaired) electrons. The molecule has 1 fully saturated rings. The van der Waals surface area contributed by atoms with Gasteiger partial charge in [0.2, 0.25) is 10.0 Å². The number of ether oxygens (including phenoxy) is 1. The van der Waals surface area contributed by atoms with Crippen LogP contribution in [0.1, 0.15) is 11.6 Å². The molecule has 1 N–H and O–H groups in total. The maximum atomic E-state index is 12.7. The van der Waals surface area contributed by atoms with Gasteiger partial charge in [-0.3, -0.25) is 15.0 Å². The molecule has 1 saturated heterocycles. The van der Waals surface area contributed by atoms with Crippen LogP contribution in [-0.4, -0.2) is 65.2 Å². The van der Waals surface area contributed by atoms with Crippen molar-refractivity contribution in [2.45, 2.75) is 10.9 Å². The van der Waals surface area contributed by atoms with Crippen LogP contribution in [0.4, 0.5) is 11.4 Å². The molecule has 0 aliphatic carbocycles. The summed E-state index contributed by atoms with van der Waals surface area (Å²) in [4.78, 5) is 14.4. The maximum Gasteiger partial charge on any atom is 0.269 e. The van der Waals surface area contributed by atoms with Crippen LogP contribution in [0.2, 0.25) is 0 Å². The van der Waals surface area contributed by atoms with Crippen LogP contribution >= 0.6 is 0 Å². The zero-order chi connectivity index (χ0) is 21.7. The number of nitrogens with one attached hydrogen (secondary N) is 1. The lowest BCUT2D eigenvalue weighted by Crippen LogP contribution is -2.43. The predicted octanol–water partition coefficient (Wildman–Crippen LogP) is 2.01. The summed E-state index contributed by atoms with van der Waals surface area (Å²) in [5.74, 6) is 0. The third-order valence-corrected chi connectivity index (χ3v) is 6.54. The summed E-state index contributed by atoms with van der Waals surface area (Å²) in [6, 6.07) is 12.7. The number of hydrogen-bond acceptors (Lipinski definition) is 7. The second-order valence-electron chi connectivity index (χ2n) is 7.25. The van der Waals surface area contributed by atoms with Gasteiger partial charge >= 0.3 is 0 Å². The number of rotatable bonds is 8. The smallest absolute Gasteiger partial charge is 0.269 e. The minimum atomic E-state index is -3.80. The van der Waals surface area contributed by atoms with Crippen LogP contribution in [0.25, 0.3) is 0 Å². The molecular formula is C20H26N4O5S. The number of nitro groups is 1. The molecule has 1 aliphatic rings. The SMILES string of the molecule is CN(C)c1ccc([C@H](CNS(=O)(=O)c2ccc([N+](=O)[O-])cc2)N2CCOCC2)cc1. The number of hydrogen-bond donors (Lipinski definition) is 1. The lowest BCUT2D eigenvalue weighted by Gasteiger charge is -2.35. The number of sulfonamides is 1. The van der Waals surface area contributed by atoms with Crippen LogP contribution in [0, 0.1) is 10.1 Å². The molecule has 2 aromatic carbocycles. The second kappa shape index (κ2) is 9.52. The van der Waals surface area contributed by atoms with E-state index in [4.69, 9.17) is 4.74 Å². The van der Waals surface area contributed by atoms with Crippen molar-refractivity contribution in [1.82, 2.24) is 9.62 Å². The molecule has 0 spiro atoms. The van der Waals surface area contributed by atoms with Gasteiger partial charge in [-0.1, -0.05) is 12.1 Å². The number of nitrogens with zero attached hydrogens (tertiary/aromatic N) is 3. The van der Waals surface area contributed by atoms with Gasteiger partial charge in [-0.05, 0) is 29.8 Å². The molecule has 1 heterocycles. The molecule has 0 amide bonds. The van der Waals surface area contributed by atoms with E-state index >= 15 is 0 Å². The zero-order valence-corrected chi connectivity index (χ0v) is 17.8. The molecule has 162 valence electrons. The Morgan fingerprint density at radius 3 is 2.23 bits per heavy atom. The van der Waals surface area contributed by atoms with E-state index in [0.29, 0.717) is 26.3 Å². The third-order valence-electron chi connectivity index (χ3n) is 5.11. The van der Waals surface area contributed by atoms with Gasteiger partial charge in [0, 0.05) is 57.6 Å². The Labute approximate surface area is 176 Å². The van der Waals surface area contributed by atoms with E-state index in [9.17, 15) is 18.5 Å². The summed E-state index contributed by atoms with van der Waals surface area (Å²) in [6.07, 6.45) is 0. The minimum absolute atomic E-state index is 0.00298. The quantitative estimate of drug-likeness (QED) is 0.500. The lowest BCUT2D eigenvalue weighted by molar-refractivity contribution is -0.384. The molecule has 2 aromatic rings. The summed E-state index contributed by atoms with van der Waals surface area (Å²) >= 11 is 0. The van der Waals surface area contributed by atoms with Crippen LogP contribution in [0.5, 0.6) is 0 Å². The first-order valence-corrected chi connectivity index (χ1v) is 11.1. The van der Waals surface area contributed by atoms with E-state index in [2.05, 4.69) is 9.62 Å². The van der Waals surface area contributed by atoms with Crippen LogP contribution in [0.3, 0.4) is 0 Å². The fourth-order valence-corrected chi connectivity index (χ4v) is 4.40. The summed E-state index contributed by atoms with van der Waals surface area (Å²) < 4.78 is 33.6. The van der Waals surface area contributed by atoms with Gasteiger partial charge < -0.3 is 9.64 Å². The molecule has 10 heteroatoms. The summed E-state index contributed by atoms with van der Waals surface area (Å²) in [6.45, 7) is 2.79. The van der Waals surface area contributed by atoms with Crippen molar-refractivity contribution in [3.05, 3.63) is 64.2 Å². The number of morpholine rings is 1. The minimum Gasteiger partial charge on any atom is -0.379 e. The normalized spacial score (nSPS) is 16.2. The van der Waals surface area contributed by atoms with Gasteiger partial charge in [-0.15, -0.1) is 0 Å². The van der Waals surface area contributed by atoms with Crippen molar-refractivity contribution < 1.29 is 18.1 Å². The van der Waals surface area contributed by atoms with Crippen molar-refractivity contribution >= 4 is 21.4 Å². The van der Waals surface area contributed by atoms with E-state index in [1.54, 1.807) is 0 Å². The van der Waals surface area contributed by atoms with Gasteiger partial charge in [0.25, 0.3) is 5.69 Å². The highest BCUT2D eigenvalue weighted by Crippen LogP contribution is 2.25. The molecule has 3 rings (SSSR count). The Bertz CT molecular complexity index is 956. The van der Waals surface area contributed by atoms with E-state index in [1.807, 2.05) is 43.3 Å². The van der Waals surface area contributed by atoms with Gasteiger partial charge in [0.05, 0.1) is 23.0 Å². The molecule has 1 atom stereocenters. The highest BCUT2D eigenvalue weighted by atomic mass is 32.2. The van der Waals surface area contributed by atoms with Gasteiger partial charge in [0.1, 0.15) is 0 Å². The Morgan fingerprint density at radius 1 is 1.10 bits per heavy atom. The van der Waals surface area contributed by atoms with Crippen molar-refractivity contribution in [2.75, 3.05) is 51.8 Å². The number of nitro benzene ring substituents is 1. The topological polar surface area (TPSA) is 105 Å². The van der Waals surface area contributed by atoms with Crippen molar-refractivity contribution in [2.24, 2.45) is 0 Å². The average Bonchev–Trinajstić information content (AvgIpc) is 2.75. The van der Waals surface area contributed by atoms with Gasteiger partial charge in [-0.2, -0.15) is 0 Å². The first kappa shape index (κ1) is 22.2. The lowest BCUT2D eigenvalue weighted by atomic mass is 10.0. The Hall–Kier alpha value is -2.53. The molecule has 0 bridgehead atoms. The highest BCUT2D eigenvalue weighted by molar-refractivity contribution is 7.89. The van der Waals surface area contributed by atoms with Crippen molar-refractivity contribution in [3.8, 4) is 0 Å². The molecule has 0 saturated carbocycles. The Morgan fingerprint density at radius 2 is 1.70 bits per heavy atom. The largest absolute Gasteiger partial charge is 0.379 e. The molecule has 1 aliphatic heterocycles. The molecule has 0 unspecified atom stereocenters. The second-order valence-corrected chi connectivity index (χ2v) is 9.02. The number of anilines is 1. The Balaban J connectivity index is 1.79. The predicted molar refractivity (Wildman–Crippen MR) is 114 cm³/mol. The van der Waals surface area contributed by atoms with E-state index in [1.165, 1.54) is 24.3 Å². The fraction of sp³-hybridized carbons (Fsp3) is 0.400. The molecule has 30 heavy (non-hydrogen) atoms.